The van der Waals surface area contributed by atoms with Crippen molar-refractivity contribution in [1.29, 1.82) is 0 Å². The second-order valence-electron chi connectivity index (χ2n) is 18.5. The highest BCUT2D eigenvalue weighted by molar-refractivity contribution is 5.26. The Morgan fingerprint density at radius 1 is 0.863 bits per heavy atom. The lowest BCUT2D eigenvalue weighted by Gasteiger charge is -2.59. The molecule has 4 heterocycles. The molecule has 7 fully saturated rings. The predicted molar refractivity (Wildman–Crippen MR) is 184 cm³/mol. The van der Waals surface area contributed by atoms with Crippen LogP contribution in [0.4, 0.5) is 0 Å². The molecule has 290 valence electrons. The number of aliphatic hydroxyl groups excluding tert-OH is 6. The van der Waals surface area contributed by atoms with E-state index in [1.165, 1.54) is 31.3 Å². The summed E-state index contributed by atoms with van der Waals surface area (Å²) in [6, 6.07) is 0. The second kappa shape index (κ2) is 13.5. The van der Waals surface area contributed by atoms with Gasteiger partial charge in [0.15, 0.2) is 12.6 Å². The van der Waals surface area contributed by atoms with Gasteiger partial charge in [0.05, 0.1) is 24.9 Å². The number of aliphatic hydroxyl groups is 6. The number of rotatable bonds is 5. The van der Waals surface area contributed by atoms with E-state index in [1.807, 2.05) is 0 Å². The third-order valence-corrected chi connectivity index (χ3v) is 15.8. The maximum absolute atomic E-state index is 11.3. The van der Waals surface area contributed by atoms with Crippen LogP contribution in [0.3, 0.4) is 0 Å². The van der Waals surface area contributed by atoms with E-state index in [0.717, 1.165) is 38.6 Å². The van der Waals surface area contributed by atoms with Crippen molar-refractivity contribution in [2.24, 2.45) is 46.3 Å². The van der Waals surface area contributed by atoms with Crippen molar-refractivity contribution in [3.8, 4) is 0 Å². The molecular formula is C39H63NO11. The van der Waals surface area contributed by atoms with Gasteiger partial charge in [-0.05, 0) is 105 Å². The van der Waals surface area contributed by atoms with Crippen LogP contribution in [0.1, 0.15) is 92.4 Å². The number of hydrogen-bond donors (Lipinski definition) is 7. The number of ether oxygens (including phenoxy) is 5. The fourth-order valence-electron chi connectivity index (χ4n) is 12.7. The molecule has 4 saturated heterocycles. The van der Waals surface area contributed by atoms with E-state index in [1.54, 1.807) is 6.92 Å². The topological polar surface area (TPSA) is 180 Å². The van der Waals surface area contributed by atoms with Crippen LogP contribution in [0.2, 0.25) is 0 Å². The van der Waals surface area contributed by atoms with E-state index in [9.17, 15) is 30.6 Å². The summed E-state index contributed by atoms with van der Waals surface area (Å²) >= 11 is 0. The van der Waals surface area contributed by atoms with E-state index in [-0.39, 0.29) is 23.9 Å². The molecule has 4 aliphatic heterocycles. The van der Waals surface area contributed by atoms with Gasteiger partial charge in [0.2, 0.25) is 0 Å². The first-order chi connectivity index (χ1) is 24.2. The average Bonchev–Trinajstić information content (AvgIpc) is 3.55. The molecule has 0 bridgehead atoms. The van der Waals surface area contributed by atoms with Gasteiger partial charge in [-0.2, -0.15) is 0 Å². The molecule has 12 heteroatoms. The quantitative estimate of drug-likeness (QED) is 0.206. The molecule has 7 N–H and O–H groups in total. The summed E-state index contributed by atoms with van der Waals surface area (Å²) in [4.78, 5) is 0. The smallest absolute Gasteiger partial charge is 0.186 e. The first-order valence-electron chi connectivity index (χ1n) is 20.0. The number of fused-ring (bicyclic) bond motifs is 7. The van der Waals surface area contributed by atoms with Crippen molar-refractivity contribution in [3.05, 3.63) is 11.6 Å². The van der Waals surface area contributed by atoms with Gasteiger partial charge in [-0.1, -0.05) is 39.3 Å². The highest BCUT2D eigenvalue weighted by atomic mass is 16.7. The maximum atomic E-state index is 11.3. The first kappa shape index (κ1) is 37.2. The van der Waals surface area contributed by atoms with Crippen LogP contribution in [0.25, 0.3) is 0 Å². The Labute approximate surface area is 302 Å². The van der Waals surface area contributed by atoms with Gasteiger partial charge in [-0.15, -0.1) is 0 Å². The van der Waals surface area contributed by atoms with Gasteiger partial charge < -0.3 is 54.3 Å². The van der Waals surface area contributed by atoms with E-state index in [4.69, 9.17) is 23.7 Å². The Morgan fingerprint density at radius 3 is 2.39 bits per heavy atom. The van der Waals surface area contributed by atoms with Crippen LogP contribution in [0.5, 0.6) is 0 Å². The Morgan fingerprint density at radius 2 is 1.65 bits per heavy atom. The largest absolute Gasteiger partial charge is 0.388 e. The lowest BCUT2D eigenvalue weighted by atomic mass is 9.47. The zero-order valence-electron chi connectivity index (χ0n) is 31.0. The summed E-state index contributed by atoms with van der Waals surface area (Å²) in [6.45, 7) is 12.3. The van der Waals surface area contributed by atoms with E-state index in [0.29, 0.717) is 47.0 Å². The molecule has 8 aliphatic rings. The van der Waals surface area contributed by atoms with Crippen LogP contribution in [-0.4, -0.2) is 123 Å². The Bertz CT molecular complexity index is 1310. The zero-order valence-corrected chi connectivity index (χ0v) is 31.0. The highest BCUT2D eigenvalue weighted by Gasteiger charge is 2.68. The third-order valence-electron chi connectivity index (χ3n) is 15.8. The average molecular weight is 722 g/mol. The van der Waals surface area contributed by atoms with Crippen molar-refractivity contribution in [2.75, 3.05) is 13.2 Å². The molecular weight excluding hydrogens is 658 g/mol. The standard InChI is InChI=1S/C39H63NO11/c1-18-8-13-39(40-16-18)19(2)28-26(51-39)15-25-23-7-6-21-14-22(9-11-37(21,4)24(23)10-12-38(25,28)5)49-36-33(45)34(29(41)20(3)48-36)47-17-27-30(42)31(43)32(44)35(46)50-27/h6,18-20,22-36,40-46H,7-17H2,1-5H3/t18-,19+,20+,22+,23-,24+,25+,26+,27-,28+,29+,30-,31+,32-,33-,34-,35-,36+,37+,38+,39-/m1/s1. The van der Waals surface area contributed by atoms with Crippen molar-refractivity contribution in [1.82, 2.24) is 5.32 Å². The third kappa shape index (κ3) is 5.93. The Balaban J connectivity index is 0.910. The fourth-order valence-corrected chi connectivity index (χ4v) is 12.7. The molecule has 0 radical (unpaired) electrons. The van der Waals surface area contributed by atoms with Crippen LogP contribution in [0, 0.1) is 46.3 Å². The predicted octanol–water partition coefficient (Wildman–Crippen LogP) is 1.96. The molecule has 0 amide bonds. The molecule has 12 nitrogen and oxygen atoms in total. The zero-order chi connectivity index (χ0) is 36.2. The van der Waals surface area contributed by atoms with E-state index >= 15 is 0 Å². The van der Waals surface area contributed by atoms with Gasteiger partial charge in [0, 0.05) is 12.5 Å². The van der Waals surface area contributed by atoms with Gasteiger partial charge in [0.1, 0.15) is 48.5 Å². The maximum Gasteiger partial charge on any atom is 0.186 e. The molecule has 0 aromatic rings. The number of hydrogen-bond acceptors (Lipinski definition) is 12. The van der Waals surface area contributed by atoms with Gasteiger partial charge in [0.25, 0.3) is 0 Å². The normalized spacial score (nSPS) is 58.4. The number of allylic oxidation sites excluding steroid dienone is 1. The lowest BCUT2D eigenvalue weighted by molar-refractivity contribution is -0.324. The summed E-state index contributed by atoms with van der Waals surface area (Å²) in [5.41, 5.74) is 1.73. The fraction of sp³-hybridized carbons (Fsp3) is 0.949. The van der Waals surface area contributed by atoms with Crippen molar-refractivity contribution in [2.45, 2.75) is 172 Å². The number of piperidine rings is 1. The van der Waals surface area contributed by atoms with Gasteiger partial charge >= 0.3 is 0 Å². The second-order valence-corrected chi connectivity index (χ2v) is 18.5. The molecule has 3 saturated carbocycles. The molecule has 8 rings (SSSR count). The molecule has 0 aromatic heterocycles. The minimum absolute atomic E-state index is 0.112. The number of nitrogens with one attached hydrogen (secondary N) is 1. The van der Waals surface area contributed by atoms with Gasteiger partial charge in [-0.3, -0.25) is 5.32 Å². The van der Waals surface area contributed by atoms with Crippen molar-refractivity contribution < 1.29 is 54.3 Å². The summed E-state index contributed by atoms with van der Waals surface area (Å²) in [7, 11) is 0. The molecule has 4 aliphatic carbocycles. The highest BCUT2D eigenvalue weighted by Crippen LogP contribution is 2.70. The molecule has 0 unspecified atom stereocenters. The molecule has 1 spiro atoms. The van der Waals surface area contributed by atoms with Crippen LogP contribution >= 0.6 is 0 Å². The first-order valence-corrected chi connectivity index (χ1v) is 20.0. The van der Waals surface area contributed by atoms with Crippen LogP contribution in [-0.2, 0) is 23.7 Å². The van der Waals surface area contributed by atoms with Crippen LogP contribution in [0.15, 0.2) is 11.6 Å². The summed E-state index contributed by atoms with van der Waals surface area (Å²) < 4.78 is 30.6. The lowest BCUT2D eigenvalue weighted by Crippen LogP contribution is -2.61. The molecule has 51 heavy (non-hydrogen) atoms. The summed E-state index contributed by atoms with van der Waals surface area (Å²) in [6.07, 6.45) is -0.634. The monoisotopic (exact) mass is 721 g/mol. The summed E-state index contributed by atoms with van der Waals surface area (Å²) in [5.74, 6) is 3.80. The molecule has 21 atom stereocenters. The minimum atomic E-state index is -1.71. The van der Waals surface area contributed by atoms with E-state index in [2.05, 4.69) is 39.1 Å². The summed E-state index contributed by atoms with van der Waals surface area (Å²) in [5, 5.41) is 66.1. The SMILES string of the molecule is C[C@@H]1CC[C@@]2(NC1)O[C@H]1C[C@H]3[C@@H]4CC=C5C[C@@H](O[C@@H]6O[C@@H](C)[C@H](O)[C@@H](OC[C@H]7O[C@@H](O)[C@H](O)[C@@H](O)[C@@H]7O)[C@H]6O)CC[C@]5(C)[C@H]4CC[C@]3(C)[C@H]1[C@@H]2C. The van der Waals surface area contributed by atoms with E-state index < -0.39 is 61.4 Å². The Hall–Kier alpha value is -0.740. The molecule has 0 aromatic carbocycles. The van der Waals surface area contributed by atoms with Crippen LogP contribution < -0.4 is 5.32 Å². The Kier molecular flexibility index (Phi) is 9.83. The minimum Gasteiger partial charge on any atom is -0.388 e. The van der Waals surface area contributed by atoms with Crippen molar-refractivity contribution in [3.63, 3.8) is 0 Å². The van der Waals surface area contributed by atoms with Gasteiger partial charge in [-0.25, -0.2) is 0 Å². The van der Waals surface area contributed by atoms with Crippen molar-refractivity contribution >= 4 is 0 Å².